The summed E-state index contributed by atoms with van der Waals surface area (Å²) in [6.07, 6.45) is 7.37. The third-order valence-corrected chi connectivity index (χ3v) is 12.8. The molecule has 398 valence electrons. The number of Topliss-reactive ketones (excluding diaryl/α,β-unsaturated/α-hetero) is 1. The summed E-state index contributed by atoms with van der Waals surface area (Å²) in [5.74, 6) is -2.37. The van der Waals surface area contributed by atoms with E-state index < -0.39 is 30.0 Å². The second kappa shape index (κ2) is 26.0. The monoisotopic (exact) mass is 1040 g/mol. The molecule has 76 heavy (non-hydrogen) atoms. The van der Waals surface area contributed by atoms with Gasteiger partial charge in [0.25, 0.3) is 11.8 Å². The number of unbranched alkanes of at least 4 members (excludes halogenated alkanes) is 2. The summed E-state index contributed by atoms with van der Waals surface area (Å²) in [5.41, 5.74) is 12.4. The number of carbonyl (C=O) groups is 7. The van der Waals surface area contributed by atoms with Gasteiger partial charge in [0.15, 0.2) is 11.4 Å². The molecule has 0 radical (unpaired) electrons. The first kappa shape index (κ1) is 55.0. The first-order valence-electron chi connectivity index (χ1n) is 25.3. The number of ether oxygens (including phenoxy) is 1. The molecule has 7 rings (SSSR count). The Labute approximate surface area is 440 Å². The number of hydrogen-bond acceptors (Lipinski definition) is 13. The molecule has 6 aromatic rings. The zero-order valence-corrected chi connectivity index (χ0v) is 43.5. The van der Waals surface area contributed by atoms with Gasteiger partial charge in [-0.1, -0.05) is 56.7 Å². The van der Waals surface area contributed by atoms with E-state index in [-0.39, 0.29) is 81.5 Å². The van der Waals surface area contributed by atoms with Crippen LogP contribution in [-0.2, 0) is 48.4 Å². The number of rotatable bonds is 26. The Hall–Kier alpha value is -8.75. The topological polar surface area (TPSA) is 272 Å². The van der Waals surface area contributed by atoms with Crippen molar-refractivity contribution in [1.82, 2.24) is 50.0 Å². The third kappa shape index (κ3) is 14.9. The highest BCUT2D eigenvalue weighted by Gasteiger charge is 2.30. The SMILES string of the molecule is Cc1cccc(-c2[nH]c(CN(Cc3ccccc3N(C)C)C(=O)OCc3ccc(NC(=O)[C@H](CCCNC(N)=O)CC(=O)[C@@H](NC(=O)CCCCCN4C(=O)C=CC4=O)C(C)C)cc3)nc2-c2ccc3ncnn3c2)n1. The molecule has 0 spiro atoms. The van der Waals surface area contributed by atoms with Crippen LogP contribution in [0.1, 0.15) is 81.4 Å². The molecule has 0 unspecified atom stereocenters. The Balaban J connectivity index is 1.01. The van der Waals surface area contributed by atoms with Crippen LogP contribution in [0.5, 0.6) is 0 Å². The van der Waals surface area contributed by atoms with E-state index >= 15 is 0 Å². The molecule has 21 nitrogen and oxygen atoms in total. The number of primary amides is 1. The zero-order valence-electron chi connectivity index (χ0n) is 43.5. The molecule has 21 heteroatoms. The van der Waals surface area contributed by atoms with Crippen molar-refractivity contribution in [2.24, 2.45) is 17.6 Å². The standard InChI is InChI=1S/C55H65N13O8/c1-35(2)50(64-47(70)18-7-6-10-28-67-48(71)25-26-49(67)72)44(69)29-38(15-12-27-57-54(56)74)53(73)61-41-22-19-37(20-23-41)33-76-55(75)66(30-39-14-8-9-17-43(39)65(4)5)32-45-62-51(40-21-24-46-58-34-59-68(46)31-40)52(63-45)42-16-11-13-36(3)60-42/h8-9,11,13-14,16-17,19-26,31,34-35,38,50H,6-7,10,12,15,18,27-30,32-33H2,1-5H3,(H,61,73)(H,62,63)(H,64,70)(H3,56,57,74)/t38-,50+/m1/s1. The number of ketones is 1. The van der Waals surface area contributed by atoms with E-state index in [1.165, 1.54) is 18.5 Å². The molecular weight excluding hydrogens is 971 g/mol. The number of imide groups is 1. The van der Waals surface area contributed by atoms with Crippen molar-refractivity contribution < 1.29 is 38.3 Å². The summed E-state index contributed by atoms with van der Waals surface area (Å²) in [5, 5.41) is 12.6. The number of urea groups is 1. The van der Waals surface area contributed by atoms with E-state index in [2.05, 4.69) is 31.0 Å². The Kier molecular flexibility index (Phi) is 18.8. The smallest absolute Gasteiger partial charge is 0.410 e. The largest absolute Gasteiger partial charge is 0.445 e. The van der Waals surface area contributed by atoms with Crippen LogP contribution in [0.4, 0.5) is 21.0 Å². The van der Waals surface area contributed by atoms with Gasteiger partial charge in [-0.05, 0) is 92.1 Å². The zero-order chi connectivity index (χ0) is 54.3. The minimum atomic E-state index is -0.857. The van der Waals surface area contributed by atoms with E-state index in [0.29, 0.717) is 65.5 Å². The Morgan fingerprint density at radius 1 is 0.855 bits per heavy atom. The molecule has 0 fully saturated rings. The first-order chi connectivity index (χ1) is 36.5. The van der Waals surface area contributed by atoms with E-state index in [9.17, 15) is 33.6 Å². The molecule has 7 amide bonds. The lowest BCUT2D eigenvalue weighted by Crippen LogP contribution is -2.45. The predicted octanol–water partition coefficient (Wildman–Crippen LogP) is 6.48. The van der Waals surface area contributed by atoms with E-state index in [1.54, 1.807) is 33.7 Å². The lowest BCUT2D eigenvalue weighted by molar-refractivity contribution is -0.137. The summed E-state index contributed by atoms with van der Waals surface area (Å²) in [6, 6.07) is 22.5. The number of benzene rings is 2. The highest BCUT2D eigenvalue weighted by atomic mass is 16.6. The molecule has 6 N–H and O–H groups in total. The van der Waals surface area contributed by atoms with Gasteiger partial charge < -0.3 is 36.3 Å². The minimum absolute atomic E-state index is 0.0512. The average Bonchev–Trinajstić information content (AvgIpc) is 4.14. The second-order valence-electron chi connectivity index (χ2n) is 19.2. The van der Waals surface area contributed by atoms with Crippen molar-refractivity contribution >= 4 is 58.6 Å². The summed E-state index contributed by atoms with van der Waals surface area (Å²) < 4.78 is 7.65. The quantitative estimate of drug-likeness (QED) is 0.0288. The maximum atomic E-state index is 14.3. The fourth-order valence-corrected chi connectivity index (χ4v) is 8.85. The Morgan fingerprint density at radius 2 is 1.62 bits per heavy atom. The van der Waals surface area contributed by atoms with Crippen LogP contribution in [-0.4, -0.2) is 114 Å². The van der Waals surface area contributed by atoms with Crippen LogP contribution in [0.2, 0.25) is 0 Å². The third-order valence-electron chi connectivity index (χ3n) is 12.8. The summed E-state index contributed by atoms with van der Waals surface area (Å²) in [4.78, 5) is 112. The number of pyridine rings is 2. The van der Waals surface area contributed by atoms with Gasteiger partial charge in [0.1, 0.15) is 18.8 Å². The molecule has 0 saturated carbocycles. The average molecular weight is 1040 g/mol. The molecule has 0 bridgehead atoms. The van der Waals surface area contributed by atoms with E-state index in [0.717, 1.165) is 27.4 Å². The Morgan fingerprint density at radius 3 is 2.34 bits per heavy atom. The molecule has 5 heterocycles. The van der Waals surface area contributed by atoms with Crippen LogP contribution in [0.15, 0.2) is 104 Å². The van der Waals surface area contributed by atoms with Crippen molar-refractivity contribution in [3.05, 3.63) is 126 Å². The number of para-hydroxylation sites is 1. The predicted molar refractivity (Wildman–Crippen MR) is 285 cm³/mol. The number of aryl methyl sites for hydroxylation is 1. The van der Waals surface area contributed by atoms with Gasteiger partial charge in [0, 0.05) is 86.9 Å². The molecule has 2 atom stereocenters. The number of aromatic amines is 1. The summed E-state index contributed by atoms with van der Waals surface area (Å²) in [6.45, 7) is 6.14. The number of fused-ring (bicyclic) bond motifs is 1. The number of carbonyl (C=O) groups excluding carboxylic acids is 7. The molecule has 1 aliphatic heterocycles. The Bertz CT molecular complexity index is 3060. The fraction of sp³-hybridized carbons (Fsp3) is 0.364. The van der Waals surface area contributed by atoms with Gasteiger partial charge in [0.05, 0.1) is 36.2 Å². The van der Waals surface area contributed by atoms with Crippen LogP contribution in [0.3, 0.4) is 0 Å². The number of imidazole rings is 1. The summed E-state index contributed by atoms with van der Waals surface area (Å²) in [7, 11) is 3.87. The normalized spacial score (nSPS) is 12.9. The van der Waals surface area contributed by atoms with Gasteiger partial charge in [-0.25, -0.2) is 24.1 Å². The van der Waals surface area contributed by atoms with Gasteiger partial charge in [-0.15, -0.1) is 0 Å². The number of nitrogens with zero attached hydrogens (tertiary/aromatic N) is 8. The van der Waals surface area contributed by atoms with E-state index in [4.69, 9.17) is 20.4 Å². The van der Waals surface area contributed by atoms with Crippen molar-refractivity contribution in [3.63, 3.8) is 0 Å². The molecule has 4 aromatic heterocycles. The molecular formula is C55H65N13O8. The number of nitrogens with one attached hydrogen (secondary N) is 4. The maximum Gasteiger partial charge on any atom is 0.410 e. The van der Waals surface area contributed by atoms with Gasteiger partial charge in [-0.3, -0.25) is 38.8 Å². The van der Waals surface area contributed by atoms with Crippen molar-refractivity contribution in [2.75, 3.05) is 37.4 Å². The van der Waals surface area contributed by atoms with Crippen LogP contribution >= 0.6 is 0 Å². The van der Waals surface area contributed by atoms with Crippen molar-refractivity contribution in [2.45, 2.75) is 91.5 Å². The first-order valence-corrected chi connectivity index (χ1v) is 25.3. The number of hydrogen-bond donors (Lipinski definition) is 5. The van der Waals surface area contributed by atoms with Gasteiger partial charge >= 0.3 is 12.1 Å². The number of H-pyrrole nitrogens is 1. The number of aromatic nitrogens is 6. The van der Waals surface area contributed by atoms with Gasteiger partial charge in [-0.2, -0.15) is 5.10 Å². The number of nitrogens with two attached hydrogens (primary N) is 1. The van der Waals surface area contributed by atoms with Crippen LogP contribution in [0, 0.1) is 18.8 Å². The molecule has 2 aromatic carbocycles. The highest BCUT2D eigenvalue weighted by molar-refractivity contribution is 6.12. The summed E-state index contributed by atoms with van der Waals surface area (Å²) >= 11 is 0. The van der Waals surface area contributed by atoms with Crippen LogP contribution < -0.4 is 26.6 Å². The minimum Gasteiger partial charge on any atom is -0.445 e. The molecule has 1 aliphatic rings. The lowest BCUT2D eigenvalue weighted by Gasteiger charge is -2.25. The highest BCUT2D eigenvalue weighted by Crippen LogP contribution is 2.31. The van der Waals surface area contributed by atoms with E-state index in [1.807, 2.05) is 101 Å². The lowest BCUT2D eigenvalue weighted by atomic mass is 9.89. The van der Waals surface area contributed by atoms with Gasteiger partial charge in [0.2, 0.25) is 11.8 Å². The number of anilines is 2. The van der Waals surface area contributed by atoms with Crippen molar-refractivity contribution in [3.8, 4) is 22.6 Å². The number of amides is 7. The molecule has 0 saturated heterocycles. The van der Waals surface area contributed by atoms with Crippen LogP contribution in [0.25, 0.3) is 28.3 Å². The van der Waals surface area contributed by atoms with Crippen molar-refractivity contribution in [1.29, 1.82) is 0 Å². The second-order valence-corrected chi connectivity index (χ2v) is 19.2. The fourth-order valence-electron chi connectivity index (χ4n) is 8.85. The maximum absolute atomic E-state index is 14.3. The molecule has 0 aliphatic carbocycles.